The molecule has 180 valence electrons. The summed E-state index contributed by atoms with van der Waals surface area (Å²) in [6, 6.07) is 4.17. The molecule has 1 atom stereocenters. The average molecular weight is 504 g/mol. The van der Waals surface area contributed by atoms with E-state index in [4.69, 9.17) is 22.7 Å². The van der Waals surface area contributed by atoms with Crippen molar-refractivity contribution in [2.24, 2.45) is 11.7 Å². The number of nitrogens with two attached hydrogens (primary N) is 1. The molecule has 1 aromatic heterocycles. The fourth-order valence-electron chi connectivity index (χ4n) is 4.30. The summed E-state index contributed by atoms with van der Waals surface area (Å²) < 4.78 is 5.37. The Morgan fingerprint density at radius 2 is 2.06 bits per heavy atom. The van der Waals surface area contributed by atoms with E-state index >= 15 is 0 Å². The summed E-state index contributed by atoms with van der Waals surface area (Å²) in [4.78, 5) is 39.1. The molecule has 12 heteroatoms. The molecule has 0 bridgehead atoms. The molecule has 1 aromatic carbocycles. The number of amides is 2. The number of thiophene rings is 1. The van der Waals surface area contributed by atoms with Gasteiger partial charge in [0.1, 0.15) is 5.00 Å². The molecule has 34 heavy (non-hydrogen) atoms. The minimum Gasteiger partial charge on any atom is -0.378 e. The Balaban J connectivity index is 1.56. The summed E-state index contributed by atoms with van der Waals surface area (Å²) in [5.74, 6) is -0.617. The van der Waals surface area contributed by atoms with Gasteiger partial charge in [0, 0.05) is 30.1 Å². The predicted octanol–water partition coefficient (Wildman–Crippen LogP) is 2.84. The van der Waals surface area contributed by atoms with Gasteiger partial charge in [-0.3, -0.25) is 25.0 Å². The first-order valence-corrected chi connectivity index (χ1v) is 12.1. The molecule has 0 saturated carbocycles. The summed E-state index contributed by atoms with van der Waals surface area (Å²) in [5.41, 5.74) is 7.51. The van der Waals surface area contributed by atoms with Crippen LogP contribution in [0.1, 0.15) is 44.5 Å². The number of primary amides is 1. The lowest BCUT2D eigenvalue weighted by molar-refractivity contribution is -0.384. The quantitative estimate of drug-likeness (QED) is 0.321. The highest BCUT2D eigenvalue weighted by molar-refractivity contribution is 7.80. The molecule has 10 nitrogen and oxygen atoms in total. The molecule has 1 aliphatic carbocycles. The van der Waals surface area contributed by atoms with E-state index < -0.39 is 16.7 Å². The largest absolute Gasteiger partial charge is 0.378 e. The highest BCUT2D eigenvalue weighted by Crippen LogP contribution is 2.39. The van der Waals surface area contributed by atoms with Gasteiger partial charge in [0.05, 0.1) is 35.0 Å². The first-order chi connectivity index (χ1) is 16.2. The number of hydrogen-bond acceptors (Lipinski definition) is 8. The van der Waals surface area contributed by atoms with Crippen LogP contribution < -0.4 is 21.3 Å². The number of ether oxygens (including phenoxy) is 1. The van der Waals surface area contributed by atoms with Gasteiger partial charge in [-0.25, -0.2) is 0 Å². The minimum atomic E-state index is -0.585. The maximum atomic E-state index is 13.1. The van der Waals surface area contributed by atoms with E-state index in [-0.39, 0.29) is 16.4 Å². The van der Waals surface area contributed by atoms with Crippen molar-refractivity contribution < 1.29 is 19.2 Å². The number of anilines is 2. The van der Waals surface area contributed by atoms with Gasteiger partial charge in [-0.1, -0.05) is 6.92 Å². The lowest BCUT2D eigenvalue weighted by Crippen LogP contribution is -2.39. The molecular weight excluding hydrogens is 478 g/mol. The minimum absolute atomic E-state index is 0.0152. The van der Waals surface area contributed by atoms with Crippen molar-refractivity contribution in [3.8, 4) is 0 Å². The Morgan fingerprint density at radius 1 is 1.32 bits per heavy atom. The maximum absolute atomic E-state index is 13.1. The van der Waals surface area contributed by atoms with Gasteiger partial charge < -0.3 is 20.7 Å². The van der Waals surface area contributed by atoms with Crippen molar-refractivity contribution in [3.05, 3.63) is 49.9 Å². The van der Waals surface area contributed by atoms with E-state index in [9.17, 15) is 19.7 Å². The molecule has 0 unspecified atom stereocenters. The normalized spacial score (nSPS) is 17.6. The van der Waals surface area contributed by atoms with Crippen molar-refractivity contribution in [1.29, 1.82) is 0 Å². The molecule has 4 rings (SSSR count). The third-order valence-electron chi connectivity index (χ3n) is 6.00. The number of non-ortho nitro benzene ring substituents is 1. The zero-order valence-electron chi connectivity index (χ0n) is 18.6. The molecule has 0 radical (unpaired) electrons. The average Bonchev–Trinajstić information content (AvgIpc) is 3.15. The van der Waals surface area contributed by atoms with Gasteiger partial charge in [0.2, 0.25) is 0 Å². The zero-order valence-corrected chi connectivity index (χ0v) is 20.2. The van der Waals surface area contributed by atoms with Crippen LogP contribution in [-0.4, -0.2) is 48.2 Å². The van der Waals surface area contributed by atoms with E-state index in [0.717, 1.165) is 29.7 Å². The van der Waals surface area contributed by atoms with Gasteiger partial charge >= 0.3 is 0 Å². The second-order valence-corrected chi connectivity index (χ2v) is 9.90. The van der Waals surface area contributed by atoms with Crippen LogP contribution in [0.5, 0.6) is 0 Å². The fraction of sp³-hybridized carbons (Fsp3) is 0.409. The first kappa shape index (κ1) is 24.0. The molecule has 2 amide bonds. The molecule has 2 aliphatic rings. The van der Waals surface area contributed by atoms with Crippen LogP contribution in [0.15, 0.2) is 18.2 Å². The van der Waals surface area contributed by atoms with Crippen molar-refractivity contribution >= 4 is 56.9 Å². The number of thiocarbonyl (C=S) groups is 1. The Labute approximate surface area is 205 Å². The lowest BCUT2D eigenvalue weighted by Gasteiger charge is -2.30. The summed E-state index contributed by atoms with van der Waals surface area (Å²) in [6.07, 6.45) is 2.60. The summed E-state index contributed by atoms with van der Waals surface area (Å²) >= 11 is 6.77. The number of benzene rings is 1. The van der Waals surface area contributed by atoms with Gasteiger partial charge in [-0.2, -0.15) is 0 Å². The van der Waals surface area contributed by atoms with E-state index in [0.29, 0.717) is 48.5 Å². The molecule has 2 heterocycles. The molecular formula is C22H25N5O5S2. The topological polar surface area (TPSA) is 140 Å². The molecule has 1 saturated heterocycles. The van der Waals surface area contributed by atoms with E-state index in [1.807, 2.05) is 4.90 Å². The van der Waals surface area contributed by atoms with Crippen LogP contribution in [0.4, 0.5) is 16.4 Å². The third-order valence-corrected chi connectivity index (χ3v) is 7.37. The first-order valence-electron chi connectivity index (χ1n) is 10.9. The Hall–Kier alpha value is -3.09. The van der Waals surface area contributed by atoms with Gasteiger partial charge in [-0.05, 0) is 49.0 Å². The van der Waals surface area contributed by atoms with Crippen LogP contribution in [0, 0.1) is 16.0 Å². The maximum Gasteiger partial charge on any atom is 0.270 e. The van der Waals surface area contributed by atoms with E-state index in [1.165, 1.54) is 23.5 Å². The van der Waals surface area contributed by atoms with Crippen LogP contribution >= 0.6 is 23.6 Å². The number of nitrogens with zero attached hydrogens (tertiary/aromatic N) is 2. The van der Waals surface area contributed by atoms with Crippen LogP contribution in [0.3, 0.4) is 0 Å². The molecule has 0 spiro atoms. The number of carbonyl (C=O) groups excluding carboxylic acids is 2. The second kappa shape index (κ2) is 10.0. The molecule has 1 fully saturated rings. The van der Waals surface area contributed by atoms with E-state index in [2.05, 4.69) is 17.6 Å². The molecule has 1 aliphatic heterocycles. The van der Waals surface area contributed by atoms with Crippen LogP contribution in [0.2, 0.25) is 0 Å². The zero-order chi connectivity index (χ0) is 24.4. The highest BCUT2D eigenvalue weighted by atomic mass is 32.1. The number of rotatable bonds is 5. The summed E-state index contributed by atoms with van der Waals surface area (Å²) in [7, 11) is 0. The lowest BCUT2D eigenvalue weighted by atomic mass is 9.88. The number of hydrogen-bond donors (Lipinski definition) is 3. The van der Waals surface area contributed by atoms with E-state index in [1.54, 1.807) is 6.07 Å². The number of carbonyl (C=O) groups is 2. The highest BCUT2D eigenvalue weighted by Gasteiger charge is 2.28. The number of nitro groups is 1. The molecule has 4 N–H and O–H groups in total. The van der Waals surface area contributed by atoms with Crippen LogP contribution in [-0.2, 0) is 17.6 Å². The number of fused-ring (bicyclic) bond motifs is 1. The number of morpholine rings is 1. The number of nitro benzene ring substituents is 1. The van der Waals surface area contributed by atoms with Crippen molar-refractivity contribution in [3.63, 3.8) is 0 Å². The fourth-order valence-corrected chi connectivity index (χ4v) is 5.98. The Kier molecular flexibility index (Phi) is 7.10. The van der Waals surface area contributed by atoms with Crippen LogP contribution in [0.25, 0.3) is 0 Å². The SMILES string of the molecule is C[C@H]1CCc2c(sc(NC(=S)NC(=O)c3cc([N+](=O)[O-])ccc3N3CCOCC3)c2C(N)=O)C1. The monoisotopic (exact) mass is 503 g/mol. The Bertz CT molecular complexity index is 1160. The summed E-state index contributed by atoms with van der Waals surface area (Å²) in [6.45, 7) is 4.27. The smallest absolute Gasteiger partial charge is 0.270 e. The van der Waals surface area contributed by atoms with Crippen molar-refractivity contribution in [2.45, 2.75) is 26.2 Å². The standard InChI is InChI=1S/C22H25N5O5S2/c1-12-2-4-14-17(10-12)34-21(18(14)19(23)28)25-22(33)24-20(29)15-11-13(27(30)31)3-5-16(15)26-6-8-32-9-7-26/h3,5,11-12H,2,4,6-10H2,1H3,(H2,23,28)(H2,24,25,29,33)/t12-/m0/s1. The number of nitrogens with one attached hydrogen (secondary N) is 2. The predicted molar refractivity (Wildman–Crippen MR) is 134 cm³/mol. The van der Waals surface area contributed by atoms with Gasteiger partial charge in [0.15, 0.2) is 5.11 Å². The molecule has 2 aromatic rings. The van der Waals surface area contributed by atoms with Crippen molar-refractivity contribution in [1.82, 2.24) is 5.32 Å². The second-order valence-electron chi connectivity index (χ2n) is 8.39. The van der Waals surface area contributed by atoms with Gasteiger partial charge in [-0.15, -0.1) is 11.3 Å². The van der Waals surface area contributed by atoms with Crippen molar-refractivity contribution in [2.75, 3.05) is 36.5 Å². The Morgan fingerprint density at radius 3 is 2.74 bits per heavy atom. The third kappa shape index (κ3) is 5.03. The summed E-state index contributed by atoms with van der Waals surface area (Å²) in [5, 5.41) is 17.3. The van der Waals surface area contributed by atoms with Gasteiger partial charge in [0.25, 0.3) is 17.5 Å².